The Morgan fingerprint density at radius 3 is 2.87 bits per heavy atom. The van der Waals surface area contributed by atoms with Crippen LogP contribution in [0.3, 0.4) is 0 Å². The fourth-order valence-electron chi connectivity index (χ4n) is 2.12. The number of aldehydes is 1. The van der Waals surface area contributed by atoms with E-state index in [4.69, 9.17) is 0 Å². The number of nitrogens with one attached hydrogen (secondary N) is 1. The molecule has 0 aliphatic heterocycles. The van der Waals surface area contributed by atoms with E-state index in [1.807, 2.05) is 25.8 Å². The molecule has 2 rings (SSSR count). The van der Waals surface area contributed by atoms with Crippen molar-refractivity contribution in [2.75, 3.05) is 18.9 Å². The van der Waals surface area contributed by atoms with Crippen molar-refractivity contribution in [2.24, 2.45) is 4.99 Å². The van der Waals surface area contributed by atoms with Crippen LogP contribution in [0.25, 0.3) is 10.2 Å². The highest BCUT2D eigenvalue weighted by atomic mass is 32.1. The normalized spacial score (nSPS) is 12.1. The number of nitrogens with zero attached hydrogens (tertiary/aromatic N) is 4. The third kappa shape index (κ3) is 3.73. The van der Waals surface area contributed by atoms with Crippen LogP contribution in [0.15, 0.2) is 23.1 Å². The molecule has 2 aromatic heterocycles. The summed E-state index contributed by atoms with van der Waals surface area (Å²) < 4.78 is 0. The lowest BCUT2D eigenvalue weighted by molar-refractivity contribution is 0.112. The van der Waals surface area contributed by atoms with Crippen molar-refractivity contribution in [2.45, 2.75) is 27.2 Å². The van der Waals surface area contributed by atoms with Gasteiger partial charge in [-0.25, -0.2) is 15.0 Å². The van der Waals surface area contributed by atoms with E-state index >= 15 is 0 Å². The molecule has 0 bridgehead atoms. The molecule has 6 nitrogen and oxygen atoms in total. The third-order valence-corrected chi connectivity index (χ3v) is 4.37. The van der Waals surface area contributed by atoms with Crippen LogP contribution >= 0.6 is 11.3 Å². The number of carbonyl (C=O) groups is 1. The molecule has 0 unspecified atom stereocenters. The Kier molecular flexibility index (Phi) is 5.81. The molecular formula is C16H21N5OS. The lowest BCUT2D eigenvalue weighted by atomic mass is 10.3. The number of aromatic nitrogens is 2. The summed E-state index contributed by atoms with van der Waals surface area (Å²) in [7, 11) is 1.93. The fourth-order valence-corrected chi connectivity index (χ4v) is 3.02. The molecule has 1 N–H and O–H groups in total. The van der Waals surface area contributed by atoms with Gasteiger partial charge in [-0.2, -0.15) is 0 Å². The summed E-state index contributed by atoms with van der Waals surface area (Å²) in [6.45, 7) is 6.84. The first-order chi connectivity index (χ1) is 11.1. The Balaban J connectivity index is 2.50. The van der Waals surface area contributed by atoms with E-state index in [1.165, 1.54) is 17.7 Å². The van der Waals surface area contributed by atoms with Crippen molar-refractivity contribution in [1.29, 1.82) is 0 Å². The van der Waals surface area contributed by atoms with E-state index in [0.29, 0.717) is 16.4 Å². The third-order valence-electron chi connectivity index (χ3n) is 3.36. The second kappa shape index (κ2) is 7.82. The van der Waals surface area contributed by atoms with Gasteiger partial charge in [0.1, 0.15) is 17.0 Å². The first-order valence-electron chi connectivity index (χ1n) is 7.52. The molecule has 122 valence electrons. The minimum atomic E-state index is 0.557. The molecule has 23 heavy (non-hydrogen) atoms. The fraction of sp³-hybridized carbons (Fsp3) is 0.375. The zero-order valence-electron chi connectivity index (χ0n) is 13.8. The molecule has 0 atom stereocenters. The summed E-state index contributed by atoms with van der Waals surface area (Å²) in [4.78, 5) is 27.7. The molecule has 0 saturated heterocycles. The van der Waals surface area contributed by atoms with Gasteiger partial charge in [0, 0.05) is 19.3 Å². The number of hydrogen-bond acceptors (Lipinski definition) is 6. The summed E-state index contributed by atoms with van der Waals surface area (Å²) in [6, 6.07) is 0. The molecule has 0 fully saturated rings. The van der Waals surface area contributed by atoms with Crippen molar-refractivity contribution in [3.05, 3.63) is 23.0 Å². The van der Waals surface area contributed by atoms with Gasteiger partial charge in [-0.3, -0.25) is 4.79 Å². The average Bonchev–Trinajstić information content (AvgIpc) is 2.91. The first-order valence-corrected chi connectivity index (χ1v) is 8.34. The summed E-state index contributed by atoms with van der Waals surface area (Å²) >= 11 is 1.33. The Hall–Kier alpha value is -2.28. The molecule has 0 aliphatic carbocycles. The molecule has 0 radical (unpaired) electrons. The predicted octanol–water partition coefficient (Wildman–Crippen LogP) is 3.84. The van der Waals surface area contributed by atoms with Crippen molar-refractivity contribution in [3.8, 4) is 0 Å². The van der Waals surface area contributed by atoms with Gasteiger partial charge in [0.2, 0.25) is 0 Å². The number of hydrogen-bond donors (Lipinski definition) is 1. The standard InChI is InChI=1S/C16H21N5OS/c1-5-7-11(3)21(4)10-20-14-12(8-22)23-16-13(14)15(17-6-2)18-9-19-16/h7-10H,5-6H2,1-4H3,(H,17,18,19)/b11-7+,20-10?. The van der Waals surface area contributed by atoms with E-state index in [-0.39, 0.29) is 0 Å². The van der Waals surface area contributed by atoms with Gasteiger partial charge in [-0.05, 0) is 20.3 Å². The number of carbonyl (C=O) groups excluding carboxylic acids is 1. The Morgan fingerprint density at radius 1 is 1.43 bits per heavy atom. The molecule has 2 heterocycles. The van der Waals surface area contributed by atoms with Gasteiger partial charge >= 0.3 is 0 Å². The molecule has 0 saturated carbocycles. The highest BCUT2D eigenvalue weighted by molar-refractivity contribution is 7.21. The van der Waals surface area contributed by atoms with Crippen molar-refractivity contribution in [3.63, 3.8) is 0 Å². The topological polar surface area (TPSA) is 70.5 Å². The summed E-state index contributed by atoms with van der Waals surface area (Å²) in [5.74, 6) is 0.706. The minimum absolute atomic E-state index is 0.557. The molecular weight excluding hydrogens is 310 g/mol. The molecule has 0 aromatic carbocycles. The van der Waals surface area contributed by atoms with Crippen LogP contribution in [0.2, 0.25) is 0 Å². The second-order valence-corrected chi connectivity index (χ2v) is 6.01. The maximum Gasteiger partial charge on any atom is 0.162 e. The Morgan fingerprint density at radius 2 is 2.22 bits per heavy atom. The van der Waals surface area contributed by atoms with Crippen LogP contribution in [-0.4, -0.2) is 41.1 Å². The smallest absolute Gasteiger partial charge is 0.162 e. The van der Waals surface area contributed by atoms with Crippen LogP contribution in [0.5, 0.6) is 0 Å². The largest absolute Gasteiger partial charge is 0.370 e. The maximum atomic E-state index is 11.4. The van der Waals surface area contributed by atoms with Gasteiger partial charge in [-0.15, -0.1) is 11.3 Å². The van der Waals surface area contributed by atoms with Crippen LogP contribution in [0, 0.1) is 0 Å². The summed E-state index contributed by atoms with van der Waals surface area (Å²) in [5, 5.41) is 3.99. The van der Waals surface area contributed by atoms with E-state index < -0.39 is 0 Å². The number of fused-ring (bicyclic) bond motifs is 1. The van der Waals surface area contributed by atoms with Gasteiger partial charge in [0.25, 0.3) is 0 Å². The average molecular weight is 331 g/mol. The quantitative estimate of drug-likeness (QED) is 0.474. The lowest BCUT2D eigenvalue weighted by Gasteiger charge is -2.13. The lowest BCUT2D eigenvalue weighted by Crippen LogP contribution is -2.12. The van der Waals surface area contributed by atoms with E-state index in [9.17, 15) is 4.79 Å². The monoisotopic (exact) mass is 331 g/mol. The zero-order chi connectivity index (χ0) is 16.8. The molecule has 0 aliphatic rings. The highest BCUT2D eigenvalue weighted by Gasteiger charge is 2.16. The first kappa shape index (κ1) is 17.1. The second-order valence-electron chi connectivity index (χ2n) is 4.97. The van der Waals surface area contributed by atoms with Crippen molar-refractivity contribution < 1.29 is 4.79 Å². The number of allylic oxidation sites excluding steroid dienone is 2. The maximum absolute atomic E-state index is 11.4. The molecule has 0 spiro atoms. The number of thiophene rings is 1. The van der Waals surface area contributed by atoms with Crippen LogP contribution in [-0.2, 0) is 0 Å². The SMILES string of the molecule is CC/C=C(\C)N(C)C=Nc1c(C=O)sc2ncnc(NCC)c12. The molecule has 2 aromatic rings. The number of anilines is 1. The van der Waals surface area contributed by atoms with Gasteiger partial charge in [0.15, 0.2) is 6.29 Å². The van der Waals surface area contributed by atoms with Crippen LogP contribution < -0.4 is 5.32 Å². The van der Waals surface area contributed by atoms with Crippen molar-refractivity contribution in [1.82, 2.24) is 14.9 Å². The number of aliphatic imine (C=N–C) groups is 1. The van der Waals surface area contributed by atoms with E-state index in [0.717, 1.165) is 35.2 Å². The molecule has 7 heteroatoms. The van der Waals surface area contributed by atoms with Gasteiger partial charge in [0.05, 0.1) is 22.3 Å². The Labute approximate surface area is 140 Å². The van der Waals surface area contributed by atoms with E-state index in [2.05, 4.69) is 33.3 Å². The van der Waals surface area contributed by atoms with Gasteiger partial charge in [-0.1, -0.05) is 13.0 Å². The summed E-state index contributed by atoms with van der Waals surface area (Å²) in [5.41, 5.74) is 1.72. The summed E-state index contributed by atoms with van der Waals surface area (Å²) in [6.07, 6.45) is 7.12. The number of rotatable bonds is 7. The zero-order valence-corrected chi connectivity index (χ0v) is 14.6. The highest BCUT2D eigenvalue weighted by Crippen LogP contribution is 2.39. The Bertz CT molecular complexity index is 750. The predicted molar refractivity (Wildman–Crippen MR) is 96.9 cm³/mol. The minimum Gasteiger partial charge on any atom is -0.370 e. The van der Waals surface area contributed by atoms with Crippen LogP contribution in [0.1, 0.15) is 36.9 Å². The van der Waals surface area contributed by atoms with Crippen molar-refractivity contribution >= 4 is 45.7 Å². The molecule has 0 amide bonds. The van der Waals surface area contributed by atoms with Gasteiger partial charge < -0.3 is 10.2 Å². The van der Waals surface area contributed by atoms with Crippen LogP contribution in [0.4, 0.5) is 11.5 Å². The van der Waals surface area contributed by atoms with E-state index in [1.54, 1.807) is 6.34 Å².